The number of carbonyl (C=O) groups is 1. The molecule has 4 rings (SSSR count). The third kappa shape index (κ3) is 7.25. The summed E-state index contributed by atoms with van der Waals surface area (Å²) in [5, 5.41) is 25.2. The molecule has 0 aliphatic carbocycles. The molecular formula is C29H27FN6O3. The number of hydrogen-bond acceptors (Lipinski definition) is 7. The lowest BCUT2D eigenvalue weighted by Crippen LogP contribution is -2.29. The van der Waals surface area contributed by atoms with E-state index in [9.17, 15) is 14.0 Å². The van der Waals surface area contributed by atoms with Gasteiger partial charge in [0.15, 0.2) is 0 Å². The molecular weight excluding hydrogens is 499 g/mol. The van der Waals surface area contributed by atoms with E-state index in [0.29, 0.717) is 34.1 Å². The molecule has 0 atom stereocenters. The summed E-state index contributed by atoms with van der Waals surface area (Å²) in [4.78, 5) is 29.3. The molecule has 10 heteroatoms. The highest BCUT2D eigenvalue weighted by Crippen LogP contribution is 2.20. The van der Waals surface area contributed by atoms with Crippen molar-refractivity contribution in [3.05, 3.63) is 98.8 Å². The van der Waals surface area contributed by atoms with Gasteiger partial charge in [-0.3, -0.25) is 4.79 Å². The van der Waals surface area contributed by atoms with E-state index in [4.69, 9.17) is 16.1 Å². The van der Waals surface area contributed by atoms with Gasteiger partial charge < -0.3 is 15.7 Å². The molecule has 0 saturated carbocycles. The predicted molar refractivity (Wildman–Crippen MR) is 147 cm³/mol. The van der Waals surface area contributed by atoms with Crippen LogP contribution in [-0.2, 0) is 6.42 Å². The standard InChI is InChI=1S/C19H13FN2O3.C10H14N4/c1-2-3-11-4-6-13-14(8-11)17(21-22-18(13)23)10-12-5-7-16(20)15(9-12)19(24)25;1-2-14(6-5-11)10-4-3-9(7-12)8-13-10/h4-9H,10H2,1H3,(H,22,23)(H,24,25);3-4,8H,2,5-6,11H2,1H3. The van der Waals surface area contributed by atoms with Gasteiger partial charge in [-0.25, -0.2) is 19.3 Å². The third-order valence-electron chi connectivity index (χ3n) is 5.75. The van der Waals surface area contributed by atoms with Crippen LogP contribution in [0.2, 0.25) is 0 Å². The first-order valence-corrected chi connectivity index (χ1v) is 12.1. The highest BCUT2D eigenvalue weighted by atomic mass is 19.1. The Morgan fingerprint density at radius 2 is 1.92 bits per heavy atom. The number of aromatic carboxylic acids is 1. The van der Waals surface area contributed by atoms with E-state index >= 15 is 0 Å². The van der Waals surface area contributed by atoms with Crippen molar-refractivity contribution in [1.82, 2.24) is 15.2 Å². The van der Waals surface area contributed by atoms with Gasteiger partial charge in [-0.1, -0.05) is 12.0 Å². The fourth-order valence-corrected chi connectivity index (χ4v) is 3.85. The second-order valence-electron chi connectivity index (χ2n) is 8.32. The van der Waals surface area contributed by atoms with Gasteiger partial charge in [-0.15, -0.1) is 5.92 Å². The Kier molecular flexibility index (Phi) is 9.85. The average molecular weight is 527 g/mol. The number of aromatic amines is 1. The summed E-state index contributed by atoms with van der Waals surface area (Å²) in [5.74, 6) is 4.46. The smallest absolute Gasteiger partial charge is 0.338 e. The SMILES string of the molecule is CC#Cc1ccc2c(=O)[nH]nc(Cc3ccc(F)c(C(=O)O)c3)c2c1.CCN(CCN)c1ccc(C#N)cn1. The van der Waals surface area contributed by atoms with Crippen LogP contribution in [-0.4, -0.2) is 45.9 Å². The molecule has 0 fully saturated rings. The summed E-state index contributed by atoms with van der Waals surface area (Å²) in [7, 11) is 0. The van der Waals surface area contributed by atoms with Crippen molar-refractivity contribution in [2.45, 2.75) is 20.3 Å². The summed E-state index contributed by atoms with van der Waals surface area (Å²) in [6.07, 6.45) is 1.82. The van der Waals surface area contributed by atoms with Crippen molar-refractivity contribution in [3.63, 3.8) is 0 Å². The van der Waals surface area contributed by atoms with Crippen LogP contribution in [0.5, 0.6) is 0 Å². The van der Waals surface area contributed by atoms with Crippen LogP contribution in [0, 0.1) is 29.0 Å². The number of fused-ring (bicyclic) bond motifs is 1. The molecule has 0 bridgehead atoms. The number of halogens is 1. The Morgan fingerprint density at radius 1 is 1.15 bits per heavy atom. The molecule has 2 aromatic heterocycles. The molecule has 0 radical (unpaired) electrons. The highest BCUT2D eigenvalue weighted by Gasteiger charge is 2.13. The third-order valence-corrected chi connectivity index (χ3v) is 5.75. The molecule has 198 valence electrons. The maximum Gasteiger partial charge on any atom is 0.338 e. The summed E-state index contributed by atoms with van der Waals surface area (Å²) in [6.45, 7) is 6.03. The minimum atomic E-state index is -1.33. The molecule has 0 aliphatic heterocycles. The van der Waals surface area contributed by atoms with Crippen LogP contribution >= 0.6 is 0 Å². The molecule has 39 heavy (non-hydrogen) atoms. The monoisotopic (exact) mass is 526 g/mol. The normalized spacial score (nSPS) is 10.0. The number of rotatable bonds is 7. The number of likely N-dealkylation sites (N-methyl/N-ethyl adjacent to an activating group) is 1. The molecule has 0 spiro atoms. The van der Waals surface area contributed by atoms with Gasteiger partial charge in [0.2, 0.25) is 0 Å². The van der Waals surface area contributed by atoms with Crippen molar-refractivity contribution >= 4 is 22.6 Å². The number of aromatic nitrogens is 3. The maximum atomic E-state index is 13.5. The van der Waals surface area contributed by atoms with Gasteiger partial charge in [0.25, 0.3) is 5.56 Å². The fourth-order valence-electron chi connectivity index (χ4n) is 3.85. The van der Waals surface area contributed by atoms with Crippen LogP contribution in [0.25, 0.3) is 10.8 Å². The maximum absolute atomic E-state index is 13.5. The molecule has 0 unspecified atom stereocenters. The molecule has 0 saturated heterocycles. The van der Waals surface area contributed by atoms with Crippen LogP contribution in [0.1, 0.15) is 46.6 Å². The fraction of sp³-hybridized carbons (Fsp3) is 0.207. The second-order valence-corrected chi connectivity index (χ2v) is 8.32. The number of H-pyrrole nitrogens is 1. The van der Waals surface area contributed by atoms with Crippen molar-refractivity contribution in [2.75, 3.05) is 24.5 Å². The number of nitrogens with one attached hydrogen (secondary N) is 1. The lowest BCUT2D eigenvalue weighted by molar-refractivity contribution is 0.0691. The Hall–Kier alpha value is -5.06. The zero-order chi connectivity index (χ0) is 28.4. The van der Waals surface area contributed by atoms with E-state index in [-0.39, 0.29) is 12.0 Å². The number of nitriles is 1. The van der Waals surface area contributed by atoms with E-state index in [1.807, 2.05) is 12.1 Å². The molecule has 4 aromatic rings. The minimum absolute atomic E-state index is 0.247. The molecule has 9 nitrogen and oxygen atoms in total. The van der Waals surface area contributed by atoms with Gasteiger partial charge in [0.05, 0.1) is 22.2 Å². The largest absolute Gasteiger partial charge is 0.478 e. The minimum Gasteiger partial charge on any atom is -0.478 e. The average Bonchev–Trinajstić information content (AvgIpc) is 2.94. The van der Waals surface area contributed by atoms with Gasteiger partial charge in [0, 0.05) is 43.2 Å². The van der Waals surface area contributed by atoms with E-state index in [1.165, 1.54) is 12.1 Å². The number of nitrogens with zero attached hydrogens (tertiary/aromatic N) is 4. The number of nitrogens with two attached hydrogens (primary N) is 1. The van der Waals surface area contributed by atoms with Gasteiger partial charge in [0.1, 0.15) is 17.7 Å². The van der Waals surface area contributed by atoms with Gasteiger partial charge in [-0.05, 0) is 61.9 Å². The molecule has 2 aromatic carbocycles. The summed E-state index contributed by atoms with van der Waals surface area (Å²) in [6, 6.07) is 14.7. The molecule has 2 heterocycles. The number of benzene rings is 2. The predicted octanol–water partition coefficient (Wildman–Crippen LogP) is 3.46. The summed E-state index contributed by atoms with van der Waals surface area (Å²) in [5.41, 5.74) is 7.21. The molecule has 0 amide bonds. The van der Waals surface area contributed by atoms with Crippen LogP contribution in [0.15, 0.2) is 59.5 Å². The zero-order valence-electron chi connectivity index (χ0n) is 21.5. The van der Waals surface area contributed by atoms with Crippen molar-refractivity contribution in [1.29, 1.82) is 5.26 Å². The first kappa shape index (κ1) is 28.5. The Morgan fingerprint density at radius 3 is 2.54 bits per heavy atom. The van der Waals surface area contributed by atoms with E-state index in [2.05, 4.69) is 38.8 Å². The van der Waals surface area contributed by atoms with Gasteiger partial charge in [-0.2, -0.15) is 10.4 Å². The number of hydrogen-bond donors (Lipinski definition) is 3. The number of pyridine rings is 1. The van der Waals surface area contributed by atoms with Crippen molar-refractivity contribution in [3.8, 4) is 17.9 Å². The first-order chi connectivity index (χ1) is 18.8. The number of carboxylic acids is 1. The second kappa shape index (κ2) is 13.5. The lowest BCUT2D eigenvalue weighted by Gasteiger charge is -2.20. The van der Waals surface area contributed by atoms with Crippen molar-refractivity contribution < 1.29 is 14.3 Å². The Balaban J connectivity index is 0.000000255. The zero-order valence-corrected chi connectivity index (χ0v) is 21.5. The van der Waals surface area contributed by atoms with E-state index < -0.39 is 17.3 Å². The van der Waals surface area contributed by atoms with Crippen LogP contribution < -0.4 is 16.2 Å². The molecule has 4 N–H and O–H groups in total. The topological polar surface area (TPSA) is 149 Å². The Labute approximate surface area is 224 Å². The number of anilines is 1. The first-order valence-electron chi connectivity index (χ1n) is 12.1. The van der Waals surface area contributed by atoms with Crippen molar-refractivity contribution in [2.24, 2.45) is 5.73 Å². The quantitative estimate of drug-likeness (QED) is 0.310. The lowest BCUT2D eigenvalue weighted by atomic mass is 10.0. The van der Waals surface area contributed by atoms with E-state index in [0.717, 1.165) is 30.5 Å². The van der Waals surface area contributed by atoms with Gasteiger partial charge >= 0.3 is 5.97 Å². The van der Waals surface area contributed by atoms with Crippen LogP contribution in [0.4, 0.5) is 10.2 Å². The molecule has 0 aliphatic rings. The highest BCUT2D eigenvalue weighted by molar-refractivity contribution is 5.88. The number of carboxylic acid groups (broad SMARTS) is 1. The van der Waals surface area contributed by atoms with E-state index in [1.54, 1.807) is 37.4 Å². The Bertz CT molecular complexity index is 1630. The van der Waals surface area contributed by atoms with Crippen LogP contribution in [0.3, 0.4) is 0 Å². The summed E-state index contributed by atoms with van der Waals surface area (Å²) >= 11 is 0. The summed E-state index contributed by atoms with van der Waals surface area (Å²) < 4.78 is 13.5.